The monoisotopic (exact) mass is 430 g/mol. The Morgan fingerprint density at radius 2 is 2.00 bits per heavy atom. The van der Waals surface area contributed by atoms with Crippen LogP contribution in [0.1, 0.15) is 25.7 Å². The molecule has 2 unspecified atom stereocenters. The van der Waals surface area contributed by atoms with Crippen molar-refractivity contribution in [2.75, 3.05) is 16.8 Å². The summed E-state index contributed by atoms with van der Waals surface area (Å²) >= 11 is 5.90. The molecule has 2 N–H and O–H groups in total. The highest BCUT2D eigenvalue weighted by atomic mass is 35.5. The van der Waals surface area contributed by atoms with Crippen molar-refractivity contribution in [2.45, 2.75) is 32.0 Å². The Morgan fingerprint density at radius 3 is 2.73 bits per heavy atom. The number of aromatic nitrogens is 4. The van der Waals surface area contributed by atoms with E-state index in [9.17, 15) is 9.90 Å². The highest BCUT2D eigenvalue weighted by molar-refractivity contribution is 6.30. The zero-order valence-electron chi connectivity index (χ0n) is 16.2. The van der Waals surface area contributed by atoms with Crippen molar-refractivity contribution in [3.05, 3.63) is 47.4 Å². The van der Waals surface area contributed by atoms with Crippen molar-refractivity contribution in [1.82, 2.24) is 20.1 Å². The van der Waals surface area contributed by atoms with Gasteiger partial charge in [0.1, 0.15) is 18.5 Å². The molecule has 2 aromatic heterocycles. The van der Waals surface area contributed by atoms with Gasteiger partial charge in [0.2, 0.25) is 5.95 Å². The third kappa shape index (κ3) is 4.05. The minimum absolute atomic E-state index is 0.0933. The number of rotatable bonds is 6. The molecular weight excluding hydrogens is 412 g/mol. The smallest absolute Gasteiger partial charge is 0.416 e. The van der Waals surface area contributed by atoms with Gasteiger partial charge in [0.05, 0.1) is 12.1 Å². The van der Waals surface area contributed by atoms with Crippen molar-refractivity contribution >= 4 is 29.5 Å². The maximum atomic E-state index is 12.1. The van der Waals surface area contributed by atoms with Crippen LogP contribution in [0.25, 0.3) is 11.5 Å². The number of benzene rings is 1. The van der Waals surface area contributed by atoms with Crippen LogP contribution in [0.4, 0.5) is 16.6 Å². The number of carbonyl (C=O) groups excluding carboxylic acids is 1. The minimum atomic E-state index is -0.771. The molecule has 0 spiro atoms. The first-order valence-corrected chi connectivity index (χ1v) is 9.63. The largest absolute Gasteiger partial charge is 0.447 e. The van der Waals surface area contributed by atoms with Gasteiger partial charge in [-0.25, -0.2) is 9.78 Å². The van der Waals surface area contributed by atoms with Gasteiger partial charge in [-0.2, -0.15) is 9.97 Å². The number of amides is 1. The Hall–Kier alpha value is -3.24. The molecule has 1 amide bonds. The summed E-state index contributed by atoms with van der Waals surface area (Å²) in [6.45, 7) is 3.52. The number of nitrogens with zero attached hydrogens (tertiary/aromatic N) is 5. The first kappa shape index (κ1) is 20.0. The molecule has 0 bridgehead atoms. The van der Waals surface area contributed by atoms with Crippen LogP contribution < -0.4 is 10.2 Å². The lowest BCUT2D eigenvalue weighted by Gasteiger charge is -2.22. The van der Waals surface area contributed by atoms with Crippen molar-refractivity contribution in [3.8, 4) is 11.5 Å². The van der Waals surface area contributed by atoms with E-state index < -0.39 is 18.2 Å². The number of aliphatic hydroxyl groups is 1. The number of cyclic esters (lactones) is 1. The topological polar surface area (TPSA) is 127 Å². The lowest BCUT2D eigenvalue weighted by molar-refractivity contribution is 0.142. The number of carbonyl (C=O) groups is 1. The molecule has 0 radical (unpaired) electrons. The van der Waals surface area contributed by atoms with E-state index in [1.807, 2.05) is 6.92 Å². The van der Waals surface area contributed by atoms with E-state index in [4.69, 9.17) is 20.9 Å². The average Bonchev–Trinajstić information content (AvgIpc) is 3.36. The molecule has 1 aliphatic rings. The number of halogens is 1. The third-order valence-electron chi connectivity index (χ3n) is 4.62. The number of hydrogen-bond acceptors (Lipinski definition) is 9. The number of nitrogens with one attached hydrogen (secondary N) is 1. The molecule has 1 fully saturated rings. The quantitative estimate of drug-likeness (QED) is 0.606. The minimum Gasteiger partial charge on any atom is -0.447 e. The molecule has 0 saturated carbocycles. The fraction of sp³-hybridized carbons (Fsp3) is 0.316. The van der Waals surface area contributed by atoms with Crippen LogP contribution in [-0.4, -0.2) is 50.1 Å². The van der Waals surface area contributed by atoms with Gasteiger partial charge in [0, 0.05) is 16.8 Å². The lowest BCUT2D eigenvalue weighted by atomic mass is 10.2. The van der Waals surface area contributed by atoms with Crippen LogP contribution in [0.15, 0.2) is 41.1 Å². The molecule has 4 rings (SSSR count). The average molecular weight is 431 g/mol. The summed E-state index contributed by atoms with van der Waals surface area (Å²) in [4.78, 5) is 26.3. The van der Waals surface area contributed by atoms with Crippen molar-refractivity contribution in [1.29, 1.82) is 0 Å². The third-order valence-corrected chi connectivity index (χ3v) is 4.87. The van der Waals surface area contributed by atoms with Gasteiger partial charge in [-0.1, -0.05) is 16.8 Å². The van der Waals surface area contributed by atoms with Crippen LogP contribution in [0.5, 0.6) is 0 Å². The fourth-order valence-corrected chi connectivity index (χ4v) is 3.11. The molecule has 1 aliphatic heterocycles. The van der Waals surface area contributed by atoms with Crippen LogP contribution in [0, 0.1) is 0 Å². The molecule has 10 nitrogen and oxygen atoms in total. The van der Waals surface area contributed by atoms with Gasteiger partial charge in [-0.3, -0.25) is 4.90 Å². The van der Waals surface area contributed by atoms with Gasteiger partial charge in [-0.05, 0) is 44.2 Å². The summed E-state index contributed by atoms with van der Waals surface area (Å²) in [5.74, 6) is 1.37. The predicted molar refractivity (Wildman–Crippen MR) is 108 cm³/mol. The Kier molecular flexibility index (Phi) is 5.51. The first-order valence-electron chi connectivity index (χ1n) is 9.25. The summed E-state index contributed by atoms with van der Waals surface area (Å²) in [7, 11) is 0. The van der Waals surface area contributed by atoms with Crippen LogP contribution in [0.3, 0.4) is 0 Å². The first-order chi connectivity index (χ1) is 14.4. The van der Waals surface area contributed by atoms with Crippen LogP contribution in [-0.2, 0) is 4.74 Å². The van der Waals surface area contributed by atoms with Gasteiger partial charge < -0.3 is 19.7 Å². The highest BCUT2D eigenvalue weighted by Crippen LogP contribution is 2.25. The molecular formula is C19H19ClN6O4. The summed E-state index contributed by atoms with van der Waals surface area (Å²) in [5.41, 5.74) is 0.750. The molecule has 156 valence electrons. The van der Waals surface area contributed by atoms with Crippen molar-refractivity contribution < 1.29 is 19.2 Å². The summed E-state index contributed by atoms with van der Waals surface area (Å²) in [6.07, 6.45) is 0.175. The zero-order valence-corrected chi connectivity index (χ0v) is 16.9. The number of aliphatic hydroxyl groups excluding tert-OH is 1. The Balaban J connectivity index is 1.50. The second kappa shape index (κ2) is 8.25. The van der Waals surface area contributed by atoms with Crippen LogP contribution >= 0.6 is 11.6 Å². The number of hydrogen-bond donors (Lipinski definition) is 2. The molecule has 1 saturated heterocycles. The van der Waals surface area contributed by atoms with Gasteiger partial charge >= 0.3 is 6.09 Å². The Labute approximate surface area is 176 Å². The summed E-state index contributed by atoms with van der Waals surface area (Å²) in [6, 6.07) is 7.75. The van der Waals surface area contributed by atoms with E-state index in [1.165, 1.54) is 11.1 Å². The maximum absolute atomic E-state index is 12.1. The number of anilines is 2. The van der Waals surface area contributed by atoms with Crippen molar-refractivity contribution in [2.24, 2.45) is 0 Å². The lowest BCUT2D eigenvalue weighted by Crippen LogP contribution is -2.41. The van der Waals surface area contributed by atoms with Gasteiger partial charge in [0.25, 0.3) is 5.89 Å². The fourth-order valence-electron chi connectivity index (χ4n) is 2.99. The molecule has 30 heavy (non-hydrogen) atoms. The highest BCUT2D eigenvalue weighted by Gasteiger charge is 2.38. The van der Waals surface area contributed by atoms with E-state index >= 15 is 0 Å². The van der Waals surface area contributed by atoms with Crippen molar-refractivity contribution in [3.63, 3.8) is 0 Å². The SMILES string of the molecule is CC(Nc1nccc(N2C(=O)OCC2[C@@H](C)O)n1)c1noc(-c2ccc(Cl)cc2)n1. The molecule has 0 aliphatic carbocycles. The van der Waals surface area contributed by atoms with Gasteiger partial charge in [0.15, 0.2) is 5.82 Å². The Morgan fingerprint density at radius 1 is 1.23 bits per heavy atom. The second-order valence-corrected chi connectivity index (χ2v) is 7.26. The molecule has 3 aromatic rings. The van der Waals surface area contributed by atoms with E-state index in [1.54, 1.807) is 37.3 Å². The van der Waals surface area contributed by atoms with E-state index in [0.29, 0.717) is 22.6 Å². The standard InChI is InChI=1S/C19H19ClN6O4/c1-10(16-24-17(30-25-16)12-3-5-13(20)6-4-12)22-18-21-8-7-15(23-18)26-14(11(2)27)9-29-19(26)28/h3-8,10-11,14,27H,9H2,1-2H3,(H,21,22,23)/t10?,11-,14?/m1/s1. The van der Waals surface area contributed by atoms with E-state index in [-0.39, 0.29) is 18.6 Å². The molecule has 1 aromatic carbocycles. The summed E-state index contributed by atoms with van der Waals surface area (Å²) < 4.78 is 10.4. The maximum Gasteiger partial charge on any atom is 0.416 e. The second-order valence-electron chi connectivity index (χ2n) is 6.82. The molecule has 11 heteroatoms. The van der Waals surface area contributed by atoms with E-state index in [2.05, 4.69) is 25.4 Å². The van der Waals surface area contributed by atoms with Gasteiger partial charge in [-0.15, -0.1) is 0 Å². The summed E-state index contributed by atoms with van der Waals surface area (Å²) in [5, 5.41) is 17.6. The predicted octanol–water partition coefficient (Wildman–Crippen LogP) is 3.06. The van der Waals surface area contributed by atoms with Crippen LogP contribution in [0.2, 0.25) is 5.02 Å². The molecule has 3 heterocycles. The zero-order chi connectivity index (χ0) is 21.3. The number of ether oxygens (including phenoxy) is 1. The normalized spacial score (nSPS) is 18.2. The Bertz CT molecular complexity index is 1040. The van der Waals surface area contributed by atoms with E-state index in [0.717, 1.165) is 5.56 Å². The molecule has 3 atom stereocenters.